The minimum atomic E-state index is -0.363. The van der Waals surface area contributed by atoms with Gasteiger partial charge in [0.05, 0.1) is 32.4 Å². The molecule has 0 radical (unpaired) electrons. The van der Waals surface area contributed by atoms with E-state index in [0.717, 1.165) is 11.3 Å². The Morgan fingerprint density at radius 2 is 2.11 bits per heavy atom. The Balaban J connectivity index is 1.58. The summed E-state index contributed by atoms with van der Waals surface area (Å²) in [7, 11) is 3.17. The lowest BCUT2D eigenvalue weighted by Crippen LogP contribution is -2.32. The quantitative estimate of drug-likeness (QED) is 0.804. The standard InChI is InChI=1S/C20H23N3O4/c1-26-17-6-7-18(27-2)14(9-17)11-22-20(25)15-10-19(24)23(12-15)13-16-5-3-4-8-21-16/h3-9,15H,10-13H2,1-2H3,(H,22,25)/t15-/m1/s1. The van der Waals surface area contributed by atoms with Gasteiger partial charge in [-0.3, -0.25) is 14.6 Å². The van der Waals surface area contributed by atoms with Crippen LogP contribution in [0.25, 0.3) is 0 Å². The minimum Gasteiger partial charge on any atom is -0.497 e. The maximum Gasteiger partial charge on any atom is 0.225 e. The van der Waals surface area contributed by atoms with Gasteiger partial charge in [-0.25, -0.2) is 0 Å². The molecule has 1 atom stereocenters. The van der Waals surface area contributed by atoms with Gasteiger partial charge in [-0.05, 0) is 30.3 Å². The molecular formula is C20H23N3O4. The number of carbonyl (C=O) groups excluding carboxylic acids is 2. The molecule has 0 saturated carbocycles. The van der Waals surface area contributed by atoms with E-state index in [1.807, 2.05) is 24.3 Å². The first kappa shape index (κ1) is 18.7. The SMILES string of the molecule is COc1ccc(OC)c(CNC(=O)[C@@H]2CC(=O)N(Cc3ccccn3)C2)c1. The van der Waals surface area contributed by atoms with Crippen molar-refractivity contribution in [1.82, 2.24) is 15.2 Å². The fraction of sp³-hybridized carbons (Fsp3) is 0.350. The molecule has 1 aromatic carbocycles. The molecule has 0 unspecified atom stereocenters. The van der Waals surface area contributed by atoms with E-state index >= 15 is 0 Å². The third-order valence-corrected chi connectivity index (χ3v) is 4.60. The summed E-state index contributed by atoms with van der Waals surface area (Å²) >= 11 is 0. The van der Waals surface area contributed by atoms with E-state index in [-0.39, 0.29) is 24.2 Å². The zero-order valence-electron chi connectivity index (χ0n) is 15.5. The van der Waals surface area contributed by atoms with Crippen molar-refractivity contribution >= 4 is 11.8 Å². The fourth-order valence-electron chi connectivity index (χ4n) is 3.13. The Bertz CT molecular complexity index is 810. The molecule has 0 aliphatic carbocycles. The molecule has 2 amide bonds. The highest BCUT2D eigenvalue weighted by Crippen LogP contribution is 2.24. The molecule has 142 valence electrons. The average molecular weight is 369 g/mol. The topological polar surface area (TPSA) is 80.8 Å². The van der Waals surface area contributed by atoms with E-state index in [1.165, 1.54) is 0 Å². The van der Waals surface area contributed by atoms with E-state index in [0.29, 0.717) is 31.1 Å². The van der Waals surface area contributed by atoms with Crippen molar-refractivity contribution in [1.29, 1.82) is 0 Å². The summed E-state index contributed by atoms with van der Waals surface area (Å²) in [5.41, 5.74) is 1.63. The Labute approximate surface area is 158 Å². The number of methoxy groups -OCH3 is 2. The molecule has 2 aromatic rings. The maximum atomic E-state index is 12.5. The monoisotopic (exact) mass is 369 g/mol. The summed E-state index contributed by atoms with van der Waals surface area (Å²) in [4.78, 5) is 30.7. The number of aromatic nitrogens is 1. The van der Waals surface area contributed by atoms with E-state index in [4.69, 9.17) is 9.47 Å². The number of likely N-dealkylation sites (tertiary alicyclic amines) is 1. The van der Waals surface area contributed by atoms with E-state index < -0.39 is 0 Å². The minimum absolute atomic E-state index is 0.0280. The predicted octanol–water partition coefficient (Wildman–Crippen LogP) is 1.76. The van der Waals surface area contributed by atoms with Crippen molar-refractivity contribution in [3.63, 3.8) is 0 Å². The van der Waals surface area contributed by atoms with Gasteiger partial charge >= 0.3 is 0 Å². The first-order chi connectivity index (χ1) is 13.1. The maximum absolute atomic E-state index is 12.5. The molecule has 1 aliphatic rings. The number of nitrogens with zero attached hydrogens (tertiary/aromatic N) is 2. The zero-order valence-corrected chi connectivity index (χ0v) is 15.5. The van der Waals surface area contributed by atoms with Crippen LogP contribution < -0.4 is 14.8 Å². The van der Waals surface area contributed by atoms with Crippen molar-refractivity contribution in [3.8, 4) is 11.5 Å². The van der Waals surface area contributed by atoms with Crippen LogP contribution in [0.5, 0.6) is 11.5 Å². The molecule has 3 rings (SSSR count). The highest BCUT2D eigenvalue weighted by molar-refractivity contribution is 5.89. The second kappa shape index (κ2) is 8.53. The van der Waals surface area contributed by atoms with Crippen molar-refractivity contribution in [2.45, 2.75) is 19.5 Å². The number of amides is 2. The second-order valence-electron chi connectivity index (χ2n) is 6.39. The summed E-state index contributed by atoms with van der Waals surface area (Å²) in [6.07, 6.45) is 1.91. The molecule has 7 nitrogen and oxygen atoms in total. The zero-order chi connectivity index (χ0) is 19.2. The molecule has 2 heterocycles. The Hall–Kier alpha value is -3.09. The number of benzene rings is 1. The van der Waals surface area contributed by atoms with Crippen LogP contribution in [-0.4, -0.2) is 42.5 Å². The van der Waals surface area contributed by atoms with Crippen molar-refractivity contribution in [3.05, 3.63) is 53.9 Å². The van der Waals surface area contributed by atoms with Crippen LogP contribution in [0.15, 0.2) is 42.6 Å². The largest absolute Gasteiger partial charge is 0.497 e. The Morgan fingerprint density at radius 1 is 1.26 bits per heavy atom. The highest BCUT2D eigenvalue weighted by Gasteiger charge is 2.34. The predicted molar refractivity (Wildman–Crippen MR) is 99.2 cm³/mol. The first-order valence-electron chi connectivity index (χ1n) is 8.77. The molecular weight excluding hydrogens is 346 g/mol. The van der Waals surface area contributed by atoms with Crippen molar-refractivity contribution in [2.24, 2.45) is 5.92 Å². The number of pyridine rings is 1. The molecule has 7 heteroatoms. The van der Waals surface area contributed by atoms with Crippen LogP contribution in [0.1, 0.15) is 17.7 Å². The Kier molecular flexibility index (Phi) is 5.90. The van der Waals surface area contributed by atoms with Crippen LogP contribution in [0, 0.1) is 5.92 Å². The van der Waals surface area contributed by atoms with Crippen LogP contribution in [0.3, 0.4) is 0 Å². The summed E-state index contributed by atoms with van der Waals surface area (Å²) in [6.45, 7) is 1.13. The van der Waals surface area contributed by atoms with Gasteiger partial charge in [-0.2, -0.15) is 0 Å². The van der Waals surface area contributed by atoms with Gasteiger partial charge < -0.3 is 19.7 Å². The third kappa shape index (κ3) is 4.55. The Morgan fingerprint density at radius 3 is 2.81 bits per heavy atom. The smallest absolute Gasteiger partial charge is 0.225 e. The van der Waals surface area contributed by atoms with Gasteiger partial charge in [0.25, 0.3) is 0 Å². The lowest BCUT2D eigenvalue weighted by Gasteiger charge is -2.16. The van der Waals surface area contributed by atoms with Crippen LogP contribution in [-0.2, 0) is 22.7 Å². The molecule has 27 heavy (non-hydrogen) atoms. The van der Waals surface area contributed by atoms with Crippen LogP contribution in [0.4, 0.5) is 0 Å². The van der Waals surface area contributed by atoms with Gasteiger partial charge in [0.1, 0.15) is 11.5 Å². The lowest BCUT2D eigenvalue weighted by molar-refractivity contribution is -0.129. The molecule has 1 saturated heterocycles. The van der Waals surface area contributed by atoms with Gasteiger partial charge in [0, 0.05) is 31.3 Å². The van der Waals surface area contributed by atoms with E-state index in [2.05, 4.69) is 10.3 Å². The summed E-state index contributed by atoms with van der Waals surface area (Å²) in [6, 6.07) is 11.0. The normalized spacial score (nSPS) is 16.3. The number of ether oxygens (including phenoxy) is 2. The van der Waals surface area contributed by atoms with Gasteiger partial charge in [0.15, 0.2) is 0 Å². The second-order valence-corrected chi connectivity index (χ2v) is 6.39. The summed E-state index contributed by atoms with van der Waals surface area (Å²) in [5.74, 6) is 0.835. The molecule has 1 aliphatic heterocycles. The molecule has 1 aromatic heterocycles. The van der Waals surface area contributed by atoms with Crippen molar-refractivity contribution < 1.29 is 19.1 Å². The van der Waals surface area contributed by atoms with Gasteiger partial charge in [0.2, 0.25) is 11.8 Å². The van der Waals surface area contributed by atoms with E-state index in [9.17, 15) is 9.59 Å². The number of carbonyl (C=O) groups is 2. The van der Waals surface area contributed by atoms with Gasteiger partial charge in [-0.15, -0.1) is 0 Å². The number of hydrogen-bond acceptors (Lipinski definition) is 5. The fourth-order valence-corrected chi connectivity index (χ4v) is 3.13. The molecule has 0 bridgehead atoms. The first-order valence-corrected chi connectivity index (χ1v) is 8.77. The number of hydrogen-bond donors (Lipinski definition) is 1. The van der Waals surface area contributed by atoms with Crippen LogP contribution in [0.2, 0.25) is 0 Å². The number of rotatable bonds is 7. The van der Waals surface area contributed by atoms with Crippen molar-refractivity contribution in [2.75, 3.05) is 20.8 Å². The van der Waals surface area contributed by atoms with E-state index in [1.54, 1.807) is 37.4 Å². The average Bonchev–Trinajstić information content (AvgIpc) is 3.07. The third-order valence-electron chi connectivity index (χ3n) is 4.60. The van der Waals surface area contributed by atoms with Crippen LogP contribution >= 0.6 is 0 Å². The highest BCUT2D eigenvalue weighted by atomic mass is 16.5. The lowest BCUT2D eigenvalue weighted by atomic mass is 10.1. The number of nitrogens with one attached hydrogen (secondary N) is 1. The molecule has 1 N–H and O–H groups in total. The molecule has 0 spiro atoms. The van der Waals surface area contributed by atoms with Gasteiger partial charge in [-0.1, -0.05) is 6.07 Å². The summed E-state index contributed by atoms with van der Waals surface area (Å²) < 4.78 is 10.5. The molecule has 1 fully saturated rings. The summed E-state index contributed by atoms with van der Waals surface area (Å²) in [5, 5.41) is 2.90.